The molecule has 7 nitrogen and oxygen atoms in total. The minimum absolute atomic E-state index is 0.00244. The van der Waals surface area contributed by atoms with Crippen LogP contribution < -0.4 is 15.8 Å². The van der Waals surface area contributed by atoms with Gasteiger partial charge in [-0.2, -0.15) is 4.39 Å². The number of nitrogens with one attached hydrogen (secondary N) is 1. The van der Waals surface area contributed by atoms with Gasteiger partial charge in [-0.25, -0.2) is 4.39 Å². The highest BCUT2D eigenvalue weighted by molar-refractivity contribution is 5.97. The zero-order chi connectivity index (χ0) is 22.1. The fraction of sp³-hybridized carbons (Fsp3) is 0.381. The number of nitrogens with zero attached hydrogens (tertiary/aromatic N) is 1. The highest BCUT2D eigenvalue weighted by atomic mass is 19.2. The Balaban J connectivity index is 1.95. The molecule has 0 bridgehead atoms. The number of ether oxygens (including phenoxy) is 2. The summed E-state index contributed by atoms with van der Waals surface area (Å²) in [5, 5.41) is 2.68. The van der Waals surface area contributed by atoms with Crippen LogP contribution in [0.3, 0.4) is 0 Å². The van der Waals surface area contributed by atoms with Crippen molar-refractivity contribution in [2.45, 2.75) is 44.3 Å². The maximum atomic E-state index is 14.3. The number of hydrogen-bond donors (Lipinski definition) is 2. The third kappa shape index (κ3) is 4.11. The average Bonchev–Trinajstić information content (AvgIpc) is 3.08. The highest BCUT2D eigenvalue weighted by Gasteiger charge is 2.47. The minimum atomic E-state index is -1.11. The summed E-state index contributed by atoms with van der Waals surface area (Å²) in [6.45, 7) is 3.78. The molecule has 0 spiro atoms. The van der Waals surface area contributed by atoms with E-state index in [2.05, 4.69) is 10.3 Å². The topological polar surface area (TPSA) is 104 Å². The quantitative estimate of drug-likeness (QED) is 0.749. The Labute approximate surface area is 172 Å². The minimum Gasteiger partial charge on any atom is -0.493 e. The molecule has 2 aromatic rings. The van der Waals surface area contributed by atoms with Gasteiger partial charge in [-0.1, -0.05) is 13.0 Å². The number of primary amides is 1. The van der Waals surface area contributed by atoms with Gasteiger partial charge < -0.3 is 20.5 Å². The number of methoxy groups -OCH3 is 1. The number of carbonyl (C=O) groups excluding carboxylic acids is 2. The van der Waals surface area contributed by atoms with Crippen LogP contribution in [0.4, 0.5) is 14.5 Å². The van der Waals surface area contributed by atoms with E-state index in [1.54, 1.807) is 0 Å². The lowest BCUT2D eigenvalue weighted by Crippen LogP contribution is -2.34. The largest absolute Gasteiger partial charge is 0.493 e. The van der Waals surface area contributed by atoms with Crippen LogP contribution in [0.25, 0.3) is 0 Å². The molecule has 3 atom stereocenters. The van der Waals surface area contributed by atoms with Gasteiger partial charge in [0, 0.05) is 23.4 Å². The molecule has 9 heteroatoms. The van der Waals surface area contributed by atoms with Gasteiger partial charge in [0.05, 0.1) is 12.7 Å². The second-order valence-electron chi connectivity index (χ2n) is 7.42. The smallest absolute Gasteiger partial charge is 0.267 e. The Morgan fingerprint density at radius 1 is 1.37 bits per heavy atom. The number of rotatable bonds is 6. The van der Waals surface area contributed by atoms with E-state index in [-0.39, 0.29) is 11.4 Å². The van der Waals surface area contributed by atoms with Crippen LogP contribution in [-0.4, -0.2) is 35.6 Å². The second-order valence-corrected chi connectivity index (χ2v) is 7.42. The number of amides is 2. The molecule has 1 aliphatic heterocycles. The van der Waals surface area contributed by atoms with Crippen molar-refractivity contribution < 1.29 is 27.8 Å². The first-order chi connectivity index (χ1) is 14.2. The normalized spacial score (nSPS) is 23.2. The maximum absolute atomic E-state index is 14.3. The highest BCUT2D eigenvalue weighted by Crippen LogP contribution is 2.46. The number of hydrogen-bond acceptors (Lipinski definition) is 5. The van der Waals surface area contributed by atoms with Crippen LogP contribution in [0, 0.1) is 11.6 Å². The molecular formula is C21H23F2N3O4. The first-order valence-corrected chi connectivity index (χ1v) is 9.45. The molecule has 2 heterocycles. The molecule has 2 amide bonds. The van der Waals surface area contributed by atoms with E-state index < -0.39 is 41.1 Å². The van der Waals surface area contributed by atoms with E-state index in [9.17, 15) is 18.4 Å². The number of carbonyl (C=O) groups is 2. The summed E-state index contributed by atoms with van der Waals surface area (Å²) in [5.74, 6) is -4.19. The molecule has 1 aromatic carbocycles. The standard InChI is InChI=1S/C21H23F2N3O4/c1-4-21(2)10-13(12-5-6-14(22)16(23)17(12)29-3)18(30-21)20(28)26-11-7-8-25-15(9-11)19(24)27/h5-9,13,18H,4,10H2,1-3H3,(H2,24,27)(H,25,26,28)/t13-,18+,21-/m0/s1. The van der Waals surface area contributed by atoms with Gasteiger partial charge in [-0.15, -0.1) is 0 Å². The van der Waals surface area contributed by atoms with Crippen molar-refractivity contribution in [1.29, 1.82) is 0 Å². The van der Waals surface area contributed by atoms with E-state index in [1.165, 1.54) is 31.5 Å². The van der Waals surface area contributed by atoms with Gasteiger partial charge >= 0.3 is 0 Å². The predicted molar refractivity (Wildman–Crippen MR) is 105 cm³/mol. The van der Waals surface area contributed by atoms with E-state index in [1.807, 2.05) is 13.8 Å². The molecule has 0 unspecified atom stereocenters. The van der Waals surface area contributed by atoms with Crippen LogP contribution in [-0.2, 0) is 9.53 Å². The molecule has 1 saturated heterocycles. The first-order valence-electron chi connectivity index (χ1n) is 9.45. The molecule has 0 aliphatic carbocycles. The monoisotopic (exact) mass is 419 g/mol. The van der Waals surface area contributed by atoms with Crippen molar-refractivity contribution in [3.63, 3.8) is 0 Å². The lowest BCUT2D eigenvalue weighted by atomic mass is 9.85. The average molecular weight is 419 g/mol. The zero-order valence-corrected chi connectivity index (χ0v) is 16.9. The van der Waals surface area contributed by atoms with Crippen molar-refractivity contribution in [3.05, 3.63) is 53.4 Å². The molecule has 30 heavy (non-hydrogen) atoms. The number of anilines is 1. The number of benzene rings is 1. The first kappa shape index (κ1) is 21.6. The van der Waals surface area contributed by atoms with E-state index in [0.29, 0.717) is 24.1 Å². The Kier molecular flexibility index (Phi) is 6.02. The summed E-state index contributed by atoms with van der Waals surface area (Å²) in [6.07, 6.45) is 1.38. The van der Waals surface area contributed by atoms with Crippen molar-refractivity contribution in [2.24, 2.45) is 5.73 Å². The molecule has 1 aromatic heterocycles. The summed E-state index contributed by atoms with van der Waals surface area (Å²) in [4.78, 5) is 28.2. The molecule has 3 rings (SSSR count). The molecule has 1 aliphatic rings. The molecular weight excluding hydrogens is 396 g/mol. The number of aromatic nitrogens is 1. The third-order valence-electron chi connectivity index (χ3n) is 5.40. The number of nitrogens with two attached hydrogens (primary N) is 1. The van der Waals surface area contributed by atoms with Crippen molar-refractivity contribution in [1.82, 2.24) is 4.98 Å². The Hall–Kier alpha value is -3.07. The van der Waals surface area contributed by atoms with Crippen molar-refractivity contribution in [2.75, 3.05) is 12.4 Å². The van der Waals surface area contributed by atoms with E-state index in [0.717, 1.165) is 6.07 Å². The fourth-order valence-corrected chi connectivity index (χ4v) is 3.65. The molecule has 3 N–H and O–H groups in total. The summed E-state index contributed by atoms with van der Waals surface area (Å²) >= 11 is 0. The zero-order valence-electron chi connectivity index (χ0n) is 16.9. The van der Waals surface area contributed by atoms with Gasteiger partial charge in [0.25, 0.3) is 11.8 Å². The lowest BCUT2D eigenvalue weighted by molar-refractivity contribution is -0.131. The molecule has 1 fully saturated rings. The lowest BCUT2D eigenvalue weighted by Gasteiger charge is -2.22. The summed E-state index contributed by atoms with van der Waals surface area (Å²) in [6, 6.07) is 5.27. The van der Waals surface area contributed by atoms with Gasteiger partial charge in [-0.3, -0.25) is 14.6 Å². The van der Waals surface area contributed by atoms with E-state index >= 15 is 0 Å². The Morgan fingerprint density at radius 2 is 2.10 bits per heavy atom. The van der Waals surface area contributed by atoms with Crippen LogP contribution in [0.5, 0.6) is 5.75 Å². The fourth-order valence-electron chi connectivity index (χ4n) is 3.65. The summed E-state index contributed by atoms with van der Waals surface area (Å²) < 4.78 is 39.1. The van der Waals surface area contributed by atoms with Crippen LogP contribution >= 0.6 is 0 Å². The third-order valence-corrected chi connectivity index (χ3v) is 5.40. The van der Waals surface area contributed by atoms with Crippen molar-refractivity contribution >= 4 is 17.5 Å². The van der Waals surface area contributed by atoms with Crippen LogP contribution in [0.15, 0.2) is 30.5 Å². The summed E-state index contributed by atoms with van der Waals surface area (Å²) in [5.41, 5.74) is 5.25. The van der Waals surface area contributed by atoms with Crippen molar-refractivity contribution in [3.8, 4) is 5.75 Å². The SMILES string of the molecule is CC[C@@]1(C)C[C@@H](c2ccc(F)c(F)c2OC)[C@H](C(=O)Nc2ccnc(C(N)=O)c2)O1. The van der Waals surface area contributed by atoms with Crippen LogP contribution in [0.2, 0.25) is 0 Å². The summed E-state index contributed by atoms with van der Waals surface area (Å²) in [7, 11) is 1.24. The van der Waals surface area contributed by atoms with Gasteiger partial charge in [0.15, 0.2) is 11.6 Å². The molecule has 160 valence electrons. The van der Waals surface area contributed by atoms with Gasteiger partial charge in [0.1, 0.15) is 11.8 Å². The van der Waals surface area contributed by atoms with Crippen LogP contribution in [0.1, 0.15) is 48.7 Å². The van der Waals surface area contributed by atoms with Gasteiger partial charge in [-0.05, 0) is 38.0 Å². The maximum Gasteiger partial charge on any atom is 0.267 e. The Morgan fingerprint density at radius 3 is 2.73 bits per heavy atom. The van der Waals surface area contributed by atoms with E-state index in [4.69, 9.17) is 15.2 Å². The predicted octanol–water partition coefficient (Wildman–Crippen LogP) is 3.15. The van der Waals surface area contributed by atoms with Gasteiger partial charge in [0.2, 0.25) is 5.82 Å². The Bertz CT molecular complexity index is 985. The second kappa shape index (κ2) is 8.35. The number of pyridine rings is 1. The number of halogens is 2. The molecule has 0 saturated carbocycles. The molecule has 0 radical (unpaired) electrons.